The molecule has 0 atom stereocenters. The Kier molecular flexibility index (Phi) is 8.18. The molecule has 0 aliphatic carbocycles. The quantitative estimate of drug-likeness (QED) is 0.522. The van der Waals surface area contributed by atoms with Crippen molar-refractivity contribution in [2.75, 3.05) is 59.1 Å². The molecule has 0 radical (unpaired) electrons. The van der Waals surface area contributed by atoms with Crippen LogP contribution in [0.3, 0.4) is 0 Å². The Morgan fingerprint density at radius 1 is 1.11 bits per heavy atom. The van der Waals surface area contributed by atoms with Crippen molar-refractivity contribution >= 4 is 23.3 Å². The smallest absolute Gasteiger partial charge is 0.255 e. The van der Waals surface area contributed by atoms with Crippen LogP contribution in [-0.2, 0) is 6.42 Å². The summed E-state index contributed by atoms with van der Waals surface area (Å²) in [6.45, 7) is 9.14. The molecule has 4 rings (SSSR count). The first-order valence-corrected chi connectivity index (χ1v) is 12.7. The minimum Gasteiger partial charge on any atom is -0.384 e. The van der Waals surface area contributed by atoms with Crippen LogP contribution in [0.2, 0.25) is 5.02 Å². The van der Waals surface area contributed by atoms with E-state index >= 15 is 0 Å². The molecule has 190 valence electrons. The van der Waals surface area contributed by atoms with Crippen molar-refractivity contribution in [1.82, 2.24) is 29.7 Å². The molecule has 2 aromatic heterocycles. The Morgan fingerprint density at radius 2 is 1.86 bits per heavy atom. The van der Waals surface area contributed by atoms with E-state index in [-0.39, 0.29) is 5.91 Å². The van der Waals surface area contributed by atoms with Crippen LogP contribution in [0.1, 0.15) is 28.7 Å². The lowest BCUT2D eigenvalue weighted by Gasteiger charge is -2.35. The van der Waals surface area contributed by atoms with Crippen molar-refractivity contribution in [1.29, 1.82) is 0 Å². The number of hydrogen-bond acceptors (Lipinski definition) is 7. The minimum atomic E-state index is -0.0328. The maximum atomic E-state index is 13.3. The highest BCUT2D eigenvalue weighted by molar-refractivity contribution is 6.34. The van der Waals surface area contributed by atoms with Gasteiger partial charge in [0, 0.05) is 61.7 Å². The SMILES string of the molecule is CCc1ncnc(-c2ccc(C(=O)N3CCN(CCN(C)C)CC3)c(Cl)c2)c1-c1ccc(N)nc1C. The molecule has 3 aromatic rings. The molecule has 0 spiro atoms. The summed E-state index contributed by atoms with van der Waals surface area (Å²) >= 11 is 6.69. The number of carbonyl (C=O) groups excluding carboxylic acids is 1. The normalized spacial score (nSPS) is 14.4. The topological polar surface area (TPSA) is 91.5 Å². The van der Waals surface area contributed by atoms with E-state index < -0.39 is 0 Å². The number of nitrogen functional groups attached to an aromatic ring is 1. The standard InChI is InChI=1S/C27H34ClN7O/c1-5-23-25(20-8-9-24(29)32-18(20)2)26(31-17-30-23)19-6-7-21(22(28)16-19)27(36)35-14-12-34(13-15-35)11-10-33(3)4/h6-9,16-17H,5,10-15H2,1-4H3,(H2,29,32). The number of halogens is 1. The number of amides is 1. The van der Waals surface area contributed by atoms with Crippen LogP contribution in [0.4, 0.5) is 5.82 Å². The van der Waals surface area contributed by atoms with Gasteiger partial charge in [-0.2, -0.15) is 0 Å². The van der Waals surface area contributed by atoms with Crippen molar-refractivity contribution < 1.29 is 4.79 Å². The third kappa shape index (κ3) is 5.67. The number of nitrogens with two attached hydrogens (primary N) is 1. The van der Waals surface area contributed by atoms with Gasteiger partial charge in [-0.25, -0.2) is 15.0 Å². The van der Waals surface area contributed by atoms with E-state index in [0.29, 0.717) is 29.5 Å². The van der Waals surface area contributed by atoms with Gasteiger partial charge in [0.1, 0.15) is 12.1 Å². The molecule has 0 saturated carbocycles. The second-order valence-electron chi connectivity index (χ2n) is 9.40. The summed E-state index contributed by atoms with van der Waals surface area (Å²) in [5.74, 6) is 0.437. The average Bonchev–Trinajstić information content (AvgIpc) is 2.87. The molecule has 1 amide bonds. The van der Waals surface area contributed by atoms with Crippen LogP contribution >= 0.6 is 11.6 Å². The van der Waals surface area contributed by atoms with Gasteiger partial charge in [0.05, 0.1) is 22.0 Å². The zero-order valence-electron chi connectivity index (χ0n) is 21.5. The van der Waals surface area contributed by atoms with Crippen LogP contribution < -0.4 is 5.73 Å². The molecular weight excluding hydrogens is 474 g/mol. The molecule has 1 aliphatic rings. The maximum absolute atomic E-state index is 13.3. The van der Waals surface area contributed by atoms with Gasteiger partial charge in [0.25, 0.3) is 5.91 Å². The number of anilines is 1. The largest absolute Gasteiger partial charge is 0.384 e. The summed E-state index contributed by atoms with van der Waals surface area (Å²) in [6, 6.07) is 9.29. The third-order valence-corrected chi connectivity index (χ3v) is 6.95. The second-order valence-corrected chi connectivity index (χ2v) is 9.81. The highest BCUT2D eigenvalue weighted by Crippen LogP contribution is 2.36. The van der Waals surface area contributed by atoms with Crippen molar-refractivity contribution in [2.45, 2.75) is 20.3 Å². The summed E-state index contributed by atoms with van der Waals surface area (Å²) in [5, 5.41) is 0.419. The van der Waals surface area contributed by atoms with Gasteiger partial charge in [0.15, 0.2) is 0 Å². The number of carbonyl (C=O) groups is 1. The van der Waals surface area contributed by atoms with Crippen LogP contribution in [0, 0.1) is 6.92 Å². The highest BCUT2D eigenvalue weighted by atomic mass is 35.5. The molecule has 3 heterocycles. The van der Waals surface area contributed by atoms with E-state index in [1.165, 1.54) is 0 Å². The third-order valence-electron chi connectivity index (χ3n) is 6.63. The molecular formula is C27H34ClN7O. The Balaban J connectivity index is 1.59. The molecule has 9 heteroatoms. The lowest BCUT2D eigenvalue weighted by molar-refractivity contribution is 0.0630. The van der Waals surface area contributed by atoms with Crippen LogP contribution in [0.25, 0.3) is 22.4 Å². The van der Waals surface area contributed by atoms with E-state index in [1.807, 2.05) is 36.1 Å². The lowest BCUT2D eigenvalue weighted by Crippen LogP contribution is -2.50. The zero-order valence-corrected chi connectivity index (χ0v) is 22.2. The van der Waals surface area contributed by atoms with Crippen molar-refractivity contribution in [3.63, 3.8) is 0 Å². The number of rotatable bonds is 7. The number of aryl methyl sites for hydroxylation is 2. The summed E-state index contributed by atoms with van der Waals surface area (Å²) < 4.78 is 0. The summed E-state index contributed by atoms with van der Waals surface area (Å²) in [7, 11) is 4.15. The number of nitrogens with zero attached hydrogens (tertiary/aromatic N) is 6. The molecule has 0 bridgehead atoms. The van der Waals surface area contributed by atoms with Gasteiger partial charge in [0.2, 0.25) is 0 Å². The summed E-state index contributed by atoms with van der Waals surface area (Å²) in [6.07, 6.45) is 2.31. The lowest BCUT2D eigenvalue weighted by atomic mass is 9.95. The van der Waals surface area contributed by atoms with Gasteiger partial charge in [-0.3, -0.25) is 9.69 Å². The maximum Gasteiger partial charge on any atom is 0.255 e. The average molecular weight is 508 g/mol. The van der Waals surface area contributed by atoms with Gasteiger partial charge in [-0.1, -0.05) is 24.6 Å². The van der Waals surface area contributed by atoms with Crippen LogP contribution in [0.5, 0.6) is 0 Å². The van der Waals surface area contributed by atoms with Crippen LogP contribution in [0.15, 0.2) is 36.7 Å². The van der Waals surface area contributed by atoms with Gasteiger partial charge in [-0.15, -0.1) is 0 Å². The molecule has 1 aromatic carbocycles. The van der Waals surface area contributed by atoms with E-state index in [0.717, 1.165) is 66.4 Å². The first-order valence-electron chi connectivity index (χ1n) is 12.3. The molecule has 8 nitrogen and oxygen atoms in total. The Hall–Kier alpha value is -3.07. The number of piperazine rings is 1. The van der Waals surface area contributed by atoms with E-state index in [4.69, 9.17) is 17.3 Å². The fourth-order valence-electron chi connectivity index (χ4n) is 4.56. The molecule has 1 aliphatic heterocycles. The fraction of sp³-hybridized carbons (Fsp3) is 0.407. The first-order chi connectivity index (χ1) is 17.3. The second kappa shape index (κ2) is 11.3. The van der Waals surface area contributed by atoms with Gasteiger partial charge >= 0.3 is 0 Å². The van der Waals surface area contributed by atoms with Gasteiger partial charge < -0.3 is 15.5 Å². The number of benzene rings is 1. The number of aromatic nitrogens is 3. The molecule has 1 saturated heterocycles. The highest BCUT2D eigenvalue weighted by Gasteiger charge is 2.24. The number of likely N-dealkylation sites (N-methyl/N-ethyl adjacent to an activating group) is 1. The Morgan fingerprint density at radius 3 is 2.50 bits per heavy atom. The summed E-state index contributed by atoms with van der Waals surface area (Å²) in [5.41, 5.74) is 11.5. The molecule has 0 unspecified atom stereocenters. The van der Waals surface area contributed by atoms with Gasteiger partial charge in [-0.05, 0) is 51.7 Å². The fourth-order valence-corrected chi connectivity index (χ4v) is 4.82. The zero-order chi connectivity index (χ0) is 25.8. The van der Waals surface area contributed by atoms with Crippen molar-refractivity contribution in [2.24, 2.45) is 0 Å². The van der Waals surface area contributed by atoms with Crippen LogP contribution in [-0.4, -0.2) is 88.9 Å². The minimum absolute atomic E-state index is 0.0328. The molecule has 2 N–H and O–H groups in total. The number of pyridine rings is 1. The first kappa shape index (κ1) is 26.0. The predicted molar refractivity (Wildman–Crippen MR) is 145 cm³/mol. The van der Waals surface area contributed by atoms with E-state index in [9.17, 15) is 4.79 Å². The monoisotopic (exact) mass is 507 g/mol. The van der Waals surface area contributed by atoms with E-state index in [2.05, 4.69) is 45.8 Å². The number of hydrogen-bond donors (Lipinski definition) is 1. The predicted octanol–water partition coefficient (Wildman–Crippen LogP) is 3.63. The van der Waals surface area contributed by atoms with Crippen molar-refractivity contribution in [3.8, 4) is 22.4 Å². The molecule has 1 fully saturated rings. The Labute approximate surface area is 218 Å². The summed E-state index contributed by atoms with van der Waals surface area (Å²) in [4.78, 5) is 33.3. The molecule has 36 heavy (non-hydrogen) atoms. The Bertz CT molecular complexity index is 1240. The van der Waals surface area contributed by atoms with Crippen molar-refractivity contribution in [3.05, 3.63) is 58.6 Å². The van der Waals surface area contributed by atoms with E-state index in [1.54, 1.807) is 12.4 Å².